The predicted octanol–water partition coefficient (Wildman–Crippen LogP) is 4.42. The first-order chi connectivity index (χ1) is 14.1. The van der Waals surface area contributed by atoms with Crippen LogP contribution in [0.15, 0.2) is 67.0 Å². The highest BCUT2D eigenvalue weighted by molar-refractivity contribution is 5.93. The fraction of sp³-hybridized carbons (Fsp3) is 0.0500. The number of nitrogens with one attached hydrogen (secondary N) is 3. The summed E-state index contributed by atoms with van der Waals surface area (Å²) >= 11 is 0. The molecule has 0 amide bonds. The van der Waals surface area contributed by atoms with E-state index in [1.807, 2.05) is 61.5 Å². The first kappa shape index (κ1) is 18.1. The zero-order valence-corrected chi connectivity index (χ0v) is 15.5. The van der Waals surface area contributed by atoms with Gasteiger partial charge in [0.25, 0.3) is 0 Å². The Hall–Kier alpha value is -4.27. The number of anilines is 4. The highest BCUT2D eigenvalue weighted by atomic mass is 16.6. The number of nitro groups is 1. The van der Waals surface area contributed by atoms with Crippen molar-refractivity contribution >= 4 is 39.6 Å². The number of aromatic nitrogens is 3. The molecule has 0 atom stereocenters. The van der Waals surface area contributed by atoms with Crippen LogP contribution in [0, 0.1) is 17.0 Å². The molecule has 2 heterocycles. The Kier molecular flexibility index (Phi) is 4.85. The molecule has 0 aliphatic carbocycles. The summed E-state index contributed by atoms with van der Waals surface area (Å²) < 4.78 is 0. The quantitative estimate of drug-likeness (QED) is 0.329. The van der Waals surface area contributed by atoms with E-state index in [9.17, 15) is 10.1 Å². The Morgan fingerprint density at radius 1 is 0.897 bits per heavy atom. The molecule has 4 rings (SSSR count). The van der Waals surface area contributed by atoms with Crippen molar-refractivity contribution in [1.29, 1.82) is 0 Å². The van der Waals surface area contributed by atoms with Gasteiger partial charge in [-0.25, -0.2) is 9.97 Å². The summed E-state index contributed by atoms with van der Waals surface area (Å²) in [5.74, 6) is 0.110. The van der Waals surface area contributed by atoms with E-state index in [0.717, 1.165) is 16.8 Å². The second-order valence-electron chi connectivity index (χ2n) is 6.25. The summed E-state index contributed by atoms with van der Waals surface area (Å²) in [6.07, 6.45) is 1.26. The minimum Gasteiger partial charge on any atom is -0.332 e. The number of nitrogens with zero attached hydrogens (tertiary/aromatic N) is 4. The van der Waals surface area contributed by atoms with Gasteiger partial charge in [0, 0.05) is 11.1 Å². The Labute approximate surface area is 166 Å². The maximum Gasteiger partial charge on any atom is 0.355 e. The van der Waals surface area contributed by atoms with Crippen LogP contribution in [-0.2, 0) is 0 Å². The van der Waals surface area contributed by atoms with E-state index in [2.05, 4.69) is 31.1 Å². The van der Waals surface area contributed by atoms with Crippen LogP contribution in [0.4, 0.5) is 28.7 Å². The van der Waals surface area contributed by atoms with Gasteiger partial charge in [0.1, 0.15) is 6.33 Å². The van der Waals surface area contributed by atoms with Crippen LogP contribution in [0.5, 0.6) is 0 Å². The van der Waals surface area contributed by atoms with E-state index < -0.39 is 4.92 Å². The molecule has 29 heavy (non-hydrogen) atoms. The van der Waals surface area contributed by atoms with E-state index in [1.165, 1.54) is 6.33 Å². The molecule has 4 aromatic rings. The molecule has 0 saturated carbocycles. The Morgan fingerprint density at radius 2 is 1.69 bits per heavy atom. The molecule has 0 radical (unpaired) electrons. The van der Waals surface area contributed by atoms with Crippen LogP contribution in [0.3, 0.4) is 0 Å². The Bertz CT molecular complexity index is 1180. The smallest absolute Gasteiger partial charge is 0.332 e. The van der Waals surface area contributed by atoms with Crippen LogP contribution in [-0.4, -0.2) is 19.9 Å². The lowest BCUT2D eigenvalue weighted by Crippen LogP contribution is -2.13. The van der Waals surface area contributed by atoms with Crippen LogP contribution in [0.1, 0.15) is 5.69 Å². The van der Waals surface area contributed by atoms with Crippen molar-refractivity contribution < 1.29 is 4.92 Å². The number of rotatable bonds is 6. The molecule has 0 aliphatic rings. The molecular weight excluding hydrogens is 370 g/mol. The first-order valence-corrected chi connectivity index (χ1v) is 8.81. The van der Waals surface area contributed by atoms with Gasteiger partial charge in [-0.05, 0) is 31.2 Å². The summed E-state index contributed by atoms with van der Waals surface area (Å²) in [4.78, 5) is 23.9. The van der Waals surface area contributed by atoms with Gasteiger partial charge in [-0.2, -0.15) is 0 Å². The summed E-state index contributed by atoms with van der Waals surface area (Å²) in [6, 6.07) is 18.7. The van der Waals surface area contributed by atoms with Crippen LogP contribution in [0.2, 0.25) is 0 Å². The van der Waals surface area contributed by atoms with E-state index in [1.54, 1.807) is 6.07 Å². The van der Waals surface area contributed by atoms with E-state index in [-0.39, 0.29) is 17.3 Å². The summed E-state index contributed by atoms with van der Waals surface area (Å²) in [5.41, 5.74) is 8.32. The standard InChI is InChI=1S/C20H17N7O2/c1-13-10-11-14-6-5-9-16(17(14)23-13)24-19-18(27(28)29)20(22-12-21-19)26-25-15-7-3-2-4-8-15/h2-12,25H,1H3,(H2,21,22,24,26). The highest BCUT2D eigenvalue weighted by Crippen LogP contribution is 2.33. The van der Waals surface area contributed by atoms with E-state index in [0.29, 0.717) is 11.2 Å². The number of fused-ring (bicyclic) bond motifs is 1. The topological polar surface area (TPSA) is 118 Å². The number of benzene rings is 2. The van der Waals surface area contributed by atoms with Gasteiger partial charge in [-0.1, -0.05) is 36.4 Å². The average molecular weight is 387 g/mol. The molecule has 3 N–H and O–H groups in total. The van der Waals surface area contributed by atoms with Gasteiger partial charge in [-0.3, -0.25) is 25.9 Å². The van der Waals surface area contributed by atoms with Crippen molar-refractivity contribution in [2.24, 2.45) is 0 Å². The number of para-hydroxylation sites is 2. The first-order valence-electron chi connectivity index (χ1n) is 8.81. The highest BCUT2D eigenvalue weighted by Gasteiger charge is 2.23. The number of aryl methyl sites for hydroxylation is 1. The molecule has 2 aromatic carbocycles. The molecule has 9 heteroatoms. The van der Waals surface area contributed by atoms with Crippen LogP contribution in [0.25, 0.3) is 10.9 Å². The lowest BCUT2D eigenvalue weighted by Gasteiger charge is -2.12. The number of hydrazine groups is 1. The van der Waals surface area contributed by atoms with Crippen molar-refractivity contribution in [2.75, 3.05) is 16.2 Å². The molecule has 0 spiro atoms. The average Bonchev–Trinajstić information content (AvgIpc) is 2.73. The van der Waals surface area contributed by atoms with Crippen molar-refractivity contribution in [1.82, 2.24) is 15.0 Å². The fourth-order valence-corrected chi connectivity index (χ4v) is 2.86. The van der Waals surface area contributed by atoms with Gasteiger partial charge in [-0.15, -0.1) is 0 Å². The molecule has 2 aromatic heterocycles. The third-order valence-electron chi connectivity index (χ3n) is 4.22. The number of pyridine rings is 1. The third-order valence-corrected chi connectivity index (χ3v) is 4.22. The fourth-order valence-electron chi connectivity index (χ4n) is 2.86. The van der Waals surface area contributed by atoms with Crippen molar-refractivity contribution in [3.8, 4) is 0 Å². The lowest BCUT2D eigenvalue weighted by atomic mass is 10.1. The van der Waals surface area contributed by atoms with Gasteiger partial charge in [0.2, 0.25) is 11.6 Å². The molecule has 9 nitrogen and oxygen atoms in total. The van der Waals surface area contributed by atoms with E-state index >= 15 is 0 Å². The van der Waals surface area contributed by atoms with Gasteiger partial charge >= 0.3 is 5.69 Å². The summed E-state index contributed by atoms with van der Waals surface area (Å²) in [6.45, 7) is 1.89. The van der Waals surface area contributed by atoms with Crippen molar-refractivity contribution in [2.45, 2.75) is 6.92 Å². The zero-order chi connectivity index (χ0) is 20.2. The summed E-state index contributed by atoms with van der Waals surface area (Å²) in [7, 11) is 0. The van der Waals surface area contributed by atoms with Gasteiger partial charge in [0.05, 0.1) is 21.8 Å². The number of hydrogen-bond acceptors (Lipinski definition) is 8. The largest absolute Gasteiger partial charge is 0.355 e. The SMILES string of the molecule is Cc1ccc2cccc(Nc3ncnc(NNc4ccccc4)c3[N+](=O)[O-])c2n1. The molecule has 0 saturated heterocycles. The predicted molar refractivity (Wildman–Crippen MR) is 112 cm³/mol. The molecule has 144 valence electrons. The molecule has 0 aliphatic heterocycles. The molecule has 0 bridgehead atoms. The lowest BCUT2D eigenvalue weighted by molar-refractivity contribution is -0.383. The maximum absolute atomic E-state index is 11.8. The zero-order valence-electron chi connectivity index (χ0n) is 15.5. The molecule has 0 fully saturated rings. The normalized spacial score (nSPS) is 10.5. The second kappa shape index (κ2) is 7.77. The number of hydrogen-bond donors (Lipinski definition) is 3. The summed E-state index contributed by atoms with van der Waals surface area (Å²) in [5, 5.41) is 15.7. The molecular formula is C20H17N7O2. The van der Waals surface area contributed by atoms with Crippen LogP contribution < -0.4 is 16.2 Å². The third kappa shape index (κ3) is 3.88. The Morgan fingerprint density at radius 3 is 2.48 bits per heavy atom. The maximum atomic E-state index is 11.8. The Balaban J connectivity index is 1.69. The second-order valence-corrected chi connectivity index (χ2v) is 6.25. The van der Waals surface area contributed by atoms with Gasteiger partial charge < -0.3 is 5.32 Å². The monoisotopic (exact) mass is 387 g/mol. The van der Waals surface area contributed by atoms with E-state index in [4.69, 9.17) is 0 Å². The minimum absolute atomic E-state index is 0.0423. The van der Waals surface area contributed by atoms with Crippen molar-refractivity contribution in [3.05, 3.63) is 82.8 Å². The van der Waals surface area contributed by atoms with Crippen LogP contribution >= 0.6 is 0 Å². The minimum atomic E-state index is -0.527. The molecule has 0 unspecified atom stereocenters. The van der Waals surface area contributed by atoms with Gasteiger partial charge in [0.15, 0.2) is 0 Å². The van der Waals surface area contributed by atoms with Crippen molar-refractivity contribution in [3.63, 3.8) is 0 Å².